The minimum atomic E-state index is -0.0329. The van der Waals surface area contributed by atoms with Crippen molar-refractivity contribution in [1.82, 2.24) is 5.32 Å². The van der Waals surface area contributed by atoms with Gasteiger partial charge in [-0.25, -0.2) is 0 Å². The summed E-state index contributed by atoms with van der Waals surface area (Å²) in [6, 6.07) is 6.05. The minimum Gasteiger partial charge on any atom is -0.496 e. The third-order valence-electron chi connectivity index (χ3n) is 2.53. The highest BCUT2D eigenvalue weighted by atomic mass is 16.5. The molecule has 86 valence electrons. The smallest absolute Gasteiger partial charge is 0.122 e. The van der Waals surface area contributed by atoms with Crippen LogP contribution in [-0.2, 0) is 0 Å². The fraction of sp³-hybridized carbons (Fsp3) is 0.429. The average molecular weight is 217 g/mol. The first-order valence-electron chi connectivity index (χ1n) is 5.57. The zero-order chi connectivity index (χ0) is 12.0. The van der Waals surface area contributed by atoms with Crippen molar-refractivity contribution in [3.63, 3.8) is 0 Å². The van der Waals surface area contributed by atoms with Crippen LogP contribution in [0.1, 0.15) is 30.5 Å². The van der Waals surface area contributed by atoms with Crippen LogP contribution in [0.4, 0.5) is 0 Å². The molecule has 0 heterocycles. The lowest BCUT2D eigenvalue weighted by molar-refractivity contribution is 0.410. The van der Waals surface area contributed by atoms with E-state index in [0.29, 0.717) is 0 Å². The zero-order valence-electron chi connectivity index (χ0n) is 10.2. The highest BCUT2D eigenvalue weighted by Crippen LogP contribution is 2.22. The van der Waals surface area contributed by atoms with Crippen molar-refractivity contribution in [2.75, 3.05) is 13.7 Å². The van der Waals surface area contributed by atoms with Gasteiger partial charge in [-0.3, -0.25) is 0 Å². The van der Waals surface area contributed by atoms with Crippen molar-refractivity contribution in [2.45, 2.75) is 26.3 Å². The lowest BCUT2D eigenvalue weighted by Crippen LogP contribution is -2.20. The fourth-order valence-electron chi connectivity index (χ4n) is 1.58. The van der Waals surface area contributed by atoms with Crippen molar-refractivity contribution in [1.29, 1.82) is 0 Å². The maximum Gasteiger partial charge on any atom is 0.122 e. The number of benzene rings is 1. The summed E-state index contributed by atoms with van der Waals surface area (Å²) in [4.78, 5) is 0. The molecule has 0 spiro atoms. The summed E-state index contributed by atoms with van der Waals surface area (Å²) in [6.07, 6.45) is 6.59. The van der Waals surface area contributed by atoms with Gasteiger partial charge in [0.25, 0.3) is 0 Å². The monoisotopic (exact) mass is 217 g/mol. The van der Waals surface area contributed by atoms with Crippen LogP contribution in [0.5, 0.6) is 5.75 Å². The van der Waals surface area contributed by atoms with E-state index in [1.165, 1.54) is 0 Å². The molecule has 0 bridgehead atoms. The maximum absolute atomic E-state index is 5.52. The molecule has 0 aromatic heterocycles. The third-order valence-corrected chi connectivity index (χ3v) is 2.53. The molecule has 0 aliphatic rings. The second-order valence-electron chi connectivity index (χ2n) is 3.78. The number of ether oxygens (including phenoxy) is 1. The first kappa shape index (κ1) is 12.6. The van der Waals surface area contributed by atoms with Crippen molar-refractivity contribution in [2.24, 2.45) is 0 Å². The van der Waals surface area contributed by atoms with E-state index < -0.39 is 0 Å². The number of aryl methyl sites for hydroxylation is 1. The first-order valence-corrected chi connectivity index (χ1v) is 5.57. The summed E-state index contributed by atoms with van der Waals surface area (Å²) < 4.78 is 5.29. The predicted octanol–water partition coefficient (Wildman–Crippen LogP) is 2.68. The Bertz CT molecular complexity index is 379. The zero-order valence-corrected chi connectivity index (χ0v) is 10.2. The van der Waals surface area contributed by atoms with E-state index in [2.05, 4.69) is 18.2 Å². The van der Waals surface area contributed by atoms with Gasteiger partial charge in [0.1, 0.15) is 5.75 Å². The van der Waals surface area contributed by atoms with Crippen LogP contribution >= 0.6 is 0 Å². The Morgan fingerprint density at radius 1 is 1.50 bits per heavy atom. The Morgan fingerprint density at radius 3 is 2.81 bits per heavy atom. The summed E-state index contributed by atoms with van der Waals surface area (Å²) in [5, 5.41) is 3.31. The van der Waals surface area contributed by atoms with Crippen molar-refractivity contribution in [3.8, 4) is 18.1 Å². The fourth-order valence-corrected chi connectivity index (χ4v) is 1.58. The highest BCUT2D eigenvalue weighted by molar-refractivity contribution is 5.39. The van der Waals surface area contributed by atoms with E-state index in [1.807, 2.05) is 25.1 Å². The van der Waals surface area contributed by atoms with Crippen LogP contribution in [0, 0.1) is 19.3 Å². The Hall–Kier alpha value is -1.46. The molecule has 16 heavy (non-hydrogen) atoms. The second kappa shape index (κ2) is 6.19. The van der Waals surface area contributed by atoms with Crippen molar-refractivity contribution < 1.29 is 4.74 Å². The van der Waals surface area contributed by atoms with Gasteiger partial charge in [-0.15, -0.1) is 6.42 Å². The second-order valence-corrected chi connectivity index (χ2v) is 3.78. The molecule has 2 heteroatoms. The number of nitrogens with one attached hydrogen (secondary N) is 1. The van der Waals surface area contributed by atoms with Crippen LogP contribution in [-0.4, -0.2) is 13.7 Å². The number of terminal acetylenes is 1. The molecule has 2 nitrogen and oxygen atoms in total. The van der Waals surface area contributed by atoms with Crippen LogP contribution in [0.15, 0.2) is 18.2 Å². The van der Waals surface area contributed by atoms with Crippen LogP contribution in [0.3, 0.4) is 0 Å². The normalized spacial score (nSPS) is 11.9. The molecule has 1 atom stereocenters. The summed E-state index contributed by atoms with van der Waals surface area (Å²) in [5.41, 5.74) is 2.20. The Morgan fingerprint density at radius 2 is 2.25 bits per heavy atom. The third kappa shape index (κ3) is 3.01. The van der Waals surface area contributed by atoms with Gasteiger partial charge in [0.05, 0.1) is 13.2 Å². The quantitative estimate of drug-likeness (QED) is 0.766. The highest BCUT2D eigenvalue weighted by Gasteiger charge is 2.09. The molecule has 1 unspecified atom stereocenters. The Balaban J connectivity index is 2.89. The molecule has 0 saturated heterocycles. The molecule has 1 aromatic carbocycles. The van der Waals surface area contributed by atoms with Gasteiger partial charge in [0, 0.05) is 0 Å². The molecular formula is C14H19NO. The van der Waals surface area contributed by atoms with E-state index in [4.69, 9.17) is 11.2 Å². The number of hydrogen-bond acceptors (Lipinski definition) is 2. The molecule has 1 aromatic rings. The lowest BCUT2D eigenvalue weighted by Gasteiger charge is -2.14. The molecule has 0 aliphatic carbocycles. The van der Waals surface area contributed by atoms with E-state index >= 15 is 0 Å². The van der Waals surface area contributed by atoms with E-state index in [0.717, 1.165) is 29.8 Å². The largest absolute Gasteiger partial charge is 0.496 e. The topological polar surface area (TPSA) is 21.3 Å². The lowest BCUT2D eigenvalue weighted by atomic mass is 10.0. The summed E-state index contributed by atoms with van der Waals surface area (Å²) in [5.74, 6) is 3.64. The standard InChI is InChI=1S/C14H19NO/c1-5-9-15-13(6-2)12-8-7-11(3)14(10-12)16-4/h2,7-8,10,13,15H,5,9H2,1,3-4H3. The van der Waals surface area contributed by atoms with Crippen molar-refractivity contribution in [3.05, 3.63) is 29.3 Å². The molecular weight excluding hydrogens is 198 g/mol. The van der Waals surface area contributed by atoms with Gasteiger partial charge in [0.15, 0.2) is 0 Å². The maximum atomic E-state index is 5.52. The Kier molecular flexibility index (Phi) is 4.88. The average Bonchev–Trinajstić information content (AvgIpc) is 2.32. The predicted molar refractivity (Wildman–Crippen MR) is 67.6 cm³/mol. The molecule has 0 fully saturated rings. The van der Waals surface area contributed by atoms with Gasteiger partial charge in [-0.2, -0.15) is 0 Å². The first-order chi connectivity index (χ1) is 7.72. The molecule has 0 amide bonds. The van der Waals surface area contributed by atoms with Crippen LogP contribution in [0.2, 0.25) is 0 Å². The van der Waals surface area contributed by atoms with Gasteiger partial charge < -0.3 is 10.1 Å². The minimum absolute atomic E-state index is 0.0329. The van der Waals surface area contributed by atoms with E-state index in [9.17, 15) is 0 Å². The molecule has 0 saturated carbocycles. The van der Waals surface area contributed by atoms with Gasteiger partial charge in [0.2, 0.25) is 0 Å². The summed E-state index contributed by atoms with van der Waals surface area (Å²) >= 11 is 0. The SMILES string of the molecule is C#CC(NCCC)c1ccc(C)c(OC)c1. The van der Waals surface area contributed by atoms with Gasteiger partial charge in [-0.05, 0) is 37.1 Å². The number of methoxy groups -OCH3 is 1. The molecule has 0 radical (unpaired) electrons. The molecule has 1 rings (SSSR count). The van der Waals surface area contributed by atoms with Crippen molar-refractivity contribution >= 4 is 0 Å². The Labute approximate surface area is 98.0 Å². The molecule has 1 N–H and O–H groups in total. The number of rotatable bonds is 5. The van der Waals surface area contributed by atoms with E-state index in [-0.39, 0.29) is 6.04 Å². The van der Waals surface area contributed by atoms with E-state index in [1.54, 1.807) is 7.11 Å². The van der Waals surface area contributed by atoms with Crippen LogP contribution in [0.25, 0.3) is 0 Å². The number of hydrogen-bond donors (Lipinski definition) is 1. The molecule has 0 aliphatic heterocycles. The van der Waals surface area contributed by atoms with Crippen LogP contribution < -0.4 is 10.1 Å². The van der Waals surface area contributed by atoms with Gasteiger partial charge >= 0.3 is 0 Å². The summed E-state index contributed by atoms with van der Waals surface area (Å²) in [7, 11) is 1.68. The van der Waals surface area contributed by atoms with Gasteiger partial charge in [-0.1, -0.05) is 25.0 Å². The summed E-state index contributed by atoms with van der Waals surface area (Å²) in [6.45, 7) is 5.06.